The molecular weight excluding hydrogens is 313 g/mol. The Morgan fingerprint density at radius 3 is 2.17 bits per heavy atom. The maximum Gasteiger partial charge on any atom is 0.303 e. The van der Waals surface area contributed by atoms with Gasteiger partial charge in [-0.2, -0.15) is 9.97 Å². The normalized spacial score (nSPS) is 12.2. The number of hydrogen-bond acceptors (Lipinski definition) is 6. The van der Waals surface area contributed by atoms with Gasteiger partial charge >= 0.3 is 12.0 Å². The van der Waals surface area contributed by atoms with E-state index >= 15 is 0 Å². The third kappa shape index (κ3) is 2.59. The summed E-state index contributed by atoms with van der Waals surface area (Å²) in [5.74, 6) is -0.386. The first-order valence-electron chi connectivity index (χ1n) is 7.35. The van der Waals surface area contributed by atoms with E-state index in [-0.39, 0.29) is 17.8 Å². The van der Waals surface area contributed by atoms with Crippen molar-refractivity contribution in [1.82, 2.24) is 9.97 Å². The van der Waals surface area contributed by atoms with Crippen molar-refractivity contribution in [3.63, 3.8) is 0 Å². The molecule has 0 atom stereocenters. The summed E-state index contributed by atoms with van der Waals surface area (Å²) >= 11 is 0. The van der Waals surface area contributed by atoms with Gasteiger partial charge in [0.05, 0.1) is 5.60 Å². The van der Waals surface area contributed by atoms with Crippen LogP contribution >= 0.6 is 0 Å². The van der Waals surface area contributed by atoms with Gasteiger partial charge in [-0.05, 0) is 43.7 Å². The van der Waals surface area contributed by atoms with Crippen molar-refractivity contribution >= 4 is 34.2 Å². The molecule has 6 nitrogen and oxygen atoms in total. The van der Waals surface area contributed by atoms with E-state index in [9.17, 15) is 9.50 Å². The largest absolute Gasteiger partial charge is 0.423 e. The molecule has 0 spiro atoms. The number of anilines is 2. The van der Waals surface area contributed by atoms with Gasteiger partial charge in [-0.25, -0.2) is 4.39 Å². The standard InChI is InChI=1S/C17H14FN3O3/c1-17(2,22)9-3-5-13-11(7-9)19-15(23-13)21-16-20-12-8-10(18)4-6-14(12)24-16/h3-8,22H,1-2H3,(H,19,20,21). The molecule has 2 N–H and O–H groups in total. The van der Waals surface area contributed by atoms with E-state index in [1.807, 2.05) is 0 Å². The molecule has 0 bridgehead atoms. The molecule has 0 radical (unpaired) electrons. The first-order valence-corrected chi connectivity index (χ1v) is 7.35. The van der Waals surface area contributed by atoms with Gasteiger partial charge in [0.2, 0.25) is 0 Å². The van der Waals surface area contributed by atoms with Crippen LogP contribution in [0.3, 0.4) is 0 Å². The Morgan fingerprint density at radius 2 is 1.54 bits per heavy atom. The van der Waals surface area contributed by atoms with Crippen molar-refractivity contribution < 1.29 is 18.3 Å². The average Bonchev–Trinajstić information content (AvgIpc) is 3.07. The zero-order valence-corrected chi connectivity index (χ0v) is 13.0. The first-order chi connectivity index (χ1) is 11.4. The van der Waals surface area contributed by atoms with Crippen LogP contribution in [0.1, 0.15) is 19.4 Å². The Bertz CT molecular complexity index is 1050. The smallest absolute Gasteiger partial charge is 0.303 e. The molecule has 2 aromatic carbocycles. The molecule has 4 aromatic rings. The lowest BCUT2D eigenvalue weighted by Crippen LogP contribution is -2.14. The minimum atomic E-state index is -0.967. The topological polar surface area (TPSA) is 84.3 Å². The number of nitrogens with one attached hydrogen (secondary N) is 1. The summed E-state index contributed by atoms with van der Waals surface area (Å²) in [7, 11) is 0. The summed E-state index contributed by atoms with van der Waals surface area (Å²) in [5.41, 5.74) is 1.78. The van der Waals surface area contributed by atoms with Crippen LogP contribution in [0.2, 0.25) is 0 Å². The number of oxazole rings is 2. The Hall–Kier alpha value is -2.93. The van der Waals surface area contributed by atoms with Crippen molar-refractivity contribution in [2.45, 2.75) is 19.4 Å². The summed E-state index contributed by atoms with van der Waals surface area (Å²) in [6.07, 6.45) is 0. The fourth-order valence-electron chi connectivity index (χ4n) is 2.41. The van der Waals surface area contributed by atoms with Crippen LogP contribution in [0.25, 0.3) is 22.2 Å². The van der Waals surface area contributed by atoms with Gasteiger partial charge in [0.1, 0.15) is 16.9 Å². The van der Waals surface area contributed by atoms with Gasteiger partial charge < -0.3 is 13.9 Å². The van der Waals surface area contributed by atoms with Gasteiger partial charge in [0.25, 0.3) is 0 Å². The van der Waals surface area contributed by atoms with E-state index in [0.717, 1.165) is 5.56 Å². The summed E-state index contributed by atoms with van der Waals surface area (Å²) < 4.78 is 24.2. The van der Waals surface area contributed by atoms with Crippen LogP contribution < -0.4 is 5.32 Å². The first kappa shape index (κ1) is 14.6. The van der Waals surface area contributed by atoms with Crippen LogP contribution in [0.4, 0.5) is 16.4 Å². The molecule has 0 saturated carbocycles. The molecule has 4 rings (SSSR count). The van der Waals surface area contributed by atoms with Crippen molar-refractivity contribution in [3.05, 3.63) is 47.8 Å². The van der Waals surface area contributed by atoms with Crippen molar-refractivity contribution in [1.29, 1.82) is 0 Å². The number of nitrogens with zero attached hydrogens (tertiary/aromatic N) is 2. The lowest BCUT2D eigenvalue weighted by molar-refractivity contribution is 0.0787. The highest BCUT2D eigenvalue weighted by atomic mass is 19.1. The number of halogens is 1. The zero-order chi connectivity index (χ0) is 16.9. The van der Waals surface area contributed by atoms with Crippen molar-refractivity contribution in [2.24, 2.45) is 0 Å². The molecule has 0 unspecified atom stereocenters. The predicted octanol–water partition coefficient (Wildman–Crippen LogP) is 4.08. The van der Waals surface area contributed by atoms with Crippen molar-refractivity contribution in [3.8, 4) is 0 Å². The Labute approximate surface area is 135 Å². The number of aliphatic hydroxyl groups is 1. The molecular formula is C17H14FN3O3. The van der Waals surface area contributed by atoms with Gasteiger partial charge in [-0.3, -0.25) is 5.32 Å². The average molecular weight is 327 g/mol. The Kier molecular flexibility index (Phi) is 3.07. The van der Waals surface area contributed by atoms with E-state index in [0.29, 0.717) is 22.2 Å². The van der Waals surface area contributed by atoms with E-state index < -0.39 is 5.60 Å². The highest BCUT2D eigenvalue weighted by molar-refractivity contribution is 5.77. The van der Waals surface area contributed by atoms with Crippen LogP contribution in [-0.4, -0.2) is 15.1 Å². The summed E-state index contributed by atoms with van der Waals surface area (Å²) in [6, 6.07) is 9.72. The van der Waals surface area contributed by atoms with Crippen LogP contribution in [0, 0.1) is 5.82 Å². The third-order valence-electron chi connectivity index (χ3n) is 3.66. The molecule has 0 fully saturated rings. The van der Waals surface area contributed by atoms with Crippen LogP contribution in [0.5, 0.6) is 0 Å². The third-order valence-corrected chi connectivity index (χ3v) is 3.66. The predicted molar refractivity (Wildman–Crippen MR) is 86.5 cm³/mol. The molecule has 0 aliphatic carbocycles. The molecule has 24 heavy (non-hydrogen) atoms. The van der Waals surface area contributed by atoms with Crippen LogP contribution in [-0.2, 0) is 5.60 Å². The van der Waals surface area contributed by atoms with Gasteiger partial charge in [0, 0.05) is 6.07 Å². The molecule has 122 valence electrons. The molecule has 0 saturated heterocycles. The molecule has 2 aromatic heterocycles. The molecule has 0 aliphatic rings. The van der Waals surface area contributed by atoms with Crippen LogP contribution in [0.15, 0.2) is 45.2 Å². The number of rotatable bonds is 3. The van der Waals surface area contributed by atoms with E-state index in [2.05, 4.69) is 15.3 Å². The number of aromatic nitrogens is 2. The minimum Gasteiger partial charge on any atom is -0.423 e. The highest BCUT2D eigenvalue weighted by Crippen LogP contribution is 2.28. The molecule has 0 aliphatic heterocycles. The summed E-state index contributed by atoms with van der Waals surface area (Å²) in [4.78, 5) is 8.44. The zero-order valence-electron chi connectivity index (χ0n) is 13.0. The Balaban J connectivity index is 1.68. The minimum absolute atomic E-state index is 0.157. The van der Waals surface area contributed by atoms with E-state index in [1.54, 1.807) is 32.0 Å². The van der Waals surface area contributed by atoms with E-state index in [4.69, 9.17) is 8.83 Å². The lowest BCUT2D eigenvalue weighted by atomic mass is 9.98. The van der Waals surface area contributed by atoms with E-state index in [1.165, 1.54) is 18.2 Å². The fourth-order valence-corrected chi connectivity index (χ4v) is 2.41. The monoisotopic (exact) mass is 327 g/mol. The highest BCUT2D eigenvalue weighted by Gasteiger charge is 2.18. The molecule has 0 amide bonds. The second kappa shape index (κ2) is 5.04. The Morgan fingerprint density at radius 1 is 0.958 bits per heavy atom. The lowest BCUT2D eigenvalue weighted by Gasteiger charge is -2.16. The molecule has 2 heterocycles. The fraction of sp³-hybridized carbons (Fsp3) is 0.176. The number of benzene rings is 2. The maximum atomic E-state index is 13.2. The summed E-state index contributed by atoms with van der Waals surface area (Å²) in [5, 5.41) is 12.9. The number of hydrogen-bond donors (Lipinski definition) is 2. The SMILES string of the molecule is CC(C)(O)c1ccc2oc(Nc3nc4cc(F)ccc4o3)nc2c1. The van der Waals surface area contributed by atoms with Gasteiger partial charge in [-0.15, -0.1) is 0 Å². The number of fused-ring (bicyclic) bond motifs is 2. The summed E-state index contributed by atoms with van der Waals surface area (Å²) in [6.45, 7) is 3.40. The van der Waals surface area contributed by atoms with Crippen molar-refractivity contribution in [2.75, 3.05) is 5.32 Å². The van der Waals surface area contributed by atoms with Gasteiger partial charge in [0.15, 0.2) is 11.2 Å². The van der Waals surface area contributed by atoms with Gasteiger partial charge in [-0.1, -0.05) is 6.07 Å². The quantitative estimate of drug-likeness (QED) is 0.590. The second-order valence-corrected chi connectivity index (χ2v) is 6.02. The maximum absolute atomic E-state index is 13.2. The molecule has 7 heteroatoms. The second-order valence-electron chi connectivity index (χ2n) is 6.02.